The molecule has 0 aliphatic heterocycles. The van der Waals surface area contributed by atoms with Gasteiger partial charge in [-0.05, 0) is 0 Å². The van der Waals surface area contributed by atoms with Gasteiger partial charge in [0.05, 0.1) is 0 Å². The average molecular weight is 203 g/mol. The van der Waals surface area contributed by atoms with E-state index in [1.54, 1.807) is 12.1 Å². The normalized spacial score (nSPS) is 10.2. The molecule has 76 valence electrons. The topological polar surface area (TPSA) is 67.8 Å². The molecule has 0 fully saturated rings. The second kappa shape index (κ2) is 3.53. The maximum Gasteiger partial charge on any atom is 0.344 e. The van der Waals surface area contributed by atoms with Crippen molar-refractivity contribution < 1.29 is 0 Å². The number of H-pyrrole nitrogens is 1. The highest BCUT2D eigenvalue weighted by atomic mass is 16.2. The lowest BCUT2D eigenvalue weighted by atomic mass is 10.2. The highest BCUT2D eigenvalue weighted by Crippen LogP contribution is 2.09. The minimum Gasteiger partial charge on any atom is -0.271 e. The Hall–Kier alpha value is -2.17. The number of rotatable bonds is 1. The summed E-state index contributed by atoms with van der Waals surface area (Å²) >= 11 is 0. The first-order chi connectivity index (χ1) is 7.18. The molecule has 0 aliphatic rings. The minimum absolute atomic E-state index is 0.248. The highest BCUT2D eigenvalue weighted by Gasteiger charge is 2.05. The summed E-state index contributed by atoms with van der Waals surface area (Å²) in [4.78, 5) is 24.7. The van der Waals surface area contributed by atoms with Gasteiger partial charge in [0.1, 0.15) is 0 Å². The Morgan fingerprint density at radius 3 is 2.53 bits per heavy atom. The van der Waals surface area contributed by atoms with Crippen LogP contribution in [0.25, 0.3) is 11.3 Å². The minimum atomic E-state index is -0.514. The van der Waals surface area contributed by atoms with Gasteiger partial charge in [0.15, 0.2) is 5.69 Å². The van der Waals surface area contributed by atoms with Crippen LogP contribution >= 0.6 is 0 Å². The van der Waals surface area contributed by atoms with Crippen LogP contribution in [-0.2, 0) is 7.05 Å². The van der Waals surface area contributed by atoms with Crippen molar-refractivity contribution in [2.75, 3.05) is 0 Å². The van der Waals surface area contributed by atoms with E-state index in [-0.39, 0.29) is 5.69 Å². The van der Waals surface area contributed by atoms with Gasteiger partial charge in [0, 0.05) is 12.6 Å². The van der Waals surface area contributed by atoms with Crippen LogP contribution in [0.3, 0.4) is 0 Å². The number of nitrogens with one attached hydrogen (secondary N) is 1. The Labute approximate surface area is 85.0 Å². The van der Waals surface area contributed by atoms with Crippen molar-refractivity contribution in [3.05, 3.63) is 51.2 Å². The molecule has 0 unspecified atom stereocenters. The smallest absolute Gasteiger partial charge is 0.271 e. The molecule has 15 heavy (non-hydrogen) atoms. The first kappa shape index (κ1) is 9.39. The third-order valence-corrected chi connectivity index (χ3v) is 2.03. The molecule has 2 aromatic rings. The van der Waals surface area contributed by atoms with E-state index >= 15 is 0 Å². The molecule has 0 saturated carbocycles. The SMILES string of the molecule is Cn1nc(-c2ccccc2)c(=O)[nH]c1=O. The van der Waals surface area contributed by atoms with Crippen molar-refractivity contribution in [1.82, 2.24) is 14.8 Å². The molecule has 0 bridgehead atoms. The maximum absolute atomic E-state index is 11.5. The summed E-state index contributed by atoms with van der Waals surface area (Å²) in [5, 5.41) is 3.90. The van der Waals surface area contributed by atoms with E-state index in [9.17, 15) is 9.59 Å². The number of nitrogens with zero attached hydrogens (tertiary/aromatic N) is 2. The Kier molecular flexibility index (Phi) is 2.21. The summed E-state index contributed by atoms with van der Waals surface area (Å²) in [6, 6.07) is 8.99. The molecule has 0 spiro atoms. The van der Waals surface area contributed by atoms with Crippen LogP contribution in [0, 0.1) is 0 Å². The van der Waals surface area contributed by atoms with Gasteiger partial charge in [0.25, 0.3) is 5.56 Å². The number of hydrogen-bond donors (Lipinski definition) is 1. The molecule has 1 heterocycles. The zero-order valence-corrected chi connectivity index (χ0v) is 8.10. The van der Waals surface area contributed by atoms with Gasteiger partial charge in [-0.25, -0.2) is 9.48 Å². The summed E-state index contributed by atoms with van der Waals surface area (Å²) in [7, 11) is 1.49. The number of benzene rings is 1. The number of hydrogen-bond acceptors (Lipinski definition) is 3. The van der Waals surface area contributed by atoms with E-state index in [1.165, 1.54) is 7.05 Å². The Morgan fingerprint density at radius 2 is 1.87 bits per heavy atom. The molecule has 1 aromatic carbocycles. The van der Waals surface area contributed by atoms with Crippen LogP contribution in [0.2, 0.25) is 0 Å². The molecular weight excluding hydrogens is 194 g/mol. The van der Waals surface area contributed by atoms with Crippen LogP contribution in [-0.4, -0.2) is 14.8 Å². The third kappa shape index (κ3) is 1.71. The molecule has 0 atom stereocenters. The van der Waals surface area contributed by atoms with Gasteiger partial charge >= 0.3 is 5.69 Å². The fourth-order valence-electron chi connectivity index (χ4n) is 1.26. The van der Waals surface area contributed by atoms with Crippen LogP contribution in [0.15, 0.2) is 39.9 Å². The lowest BCUT2D eigenvalue weighted by Crippen LogP contribution is -2.31. The molecule has 5 heteroatoms. The largest absolute Gasteiger partial charge is 0.344 e. The zero-order valence-electron chi connectivity index (χ0n) is 8.10. The van der Waals surface area contributed by atoms with Gasteiger partial charge < -0.3 is 0 Å². The highest BCUT2D eigenvalue weighted by molar-refractivity contribution is 5.56. The van der Waals surface area contributed by atoms with Crippen molar-refractivity contribution in [3.8, 4) is 11.3 Å². The second-order valence-corrected chi connectivity index (χ2v) is 3.10. The van der Waals surface area contributed by atoms with Gasteiger partial charge in [0.2, 0.25) is 0 Å². The zero-order chi connectivity index (χ0) is 10.8. The van der Waals surface area contributed by atoms with Crippen molar-refractivity contribution in [1.29, 1.82) is 0 Å². The van der Waals surface area contributed by atoms with Crippen molar-refractivity contribution in [3.63, 3.8) is 0 Å². The summed E-state index contributed by atoms with van der Waals surface area (Å²) in [5.74, 6) is 0. The molecule has 2 rings (SSSR count). The van der Waals surface area contributed by atoms with Crippen LogP contribution < -0.4 is 11.2 Å². The van der Waals surface area contributed by atoms with Gasteiger partial charge in [-0.3, -0.25) is 9.78 Å². The van der Waals surface area contributed by atoms with E-state index in [0.717, 1.165) is 4.68 Å². The Bertz CT molecular complexity index is 584. The average Bonchev–Trinajstić information content (AvgIpc) is 2.25. The molecule has 5 nitrogen and oxygen atoms in total. The van der Waals surface area contributed by atoms with Gasteiger partial charge in [-0.15, -0.1) is 0 Å². The Balaban J connectivity index is 2.70. The van der Waals surface area contributed by atoms with Crippen LogP contribution in [0.5, 0.6) is 0 Å². The summed E-state index contributed by atoms with van der Waals surface area (Å²) in [6.45, 7) is 0. The lowest BCUT2D eigenvalue weighted by Gasteiger charge is -2.00. The van der Waals surface area contributed by atoms with Crippen LogP contribution in [0.1, 0.15) is 0 Å². The number of aromatic nitrogens is 3. The first-order valence-corrected chi connectivity index (χ1v) is 4.41. The van der Waals surface area contributed by atoms with E-state index in [1.807, 2.05) is 18.2 Å². The fraction of sp³-hybridized carbons (Fsp3) is 0.100. The molecule has 0 aliphatic carbocycles. The van der Waals surface area contributed by atoms with E-state index in [4.69, 9.17) is 0 Å². The summed E-state index contributed by atoms with van der Waals surface area (Å²) < 4.78 is 1.10. The van der Waals surface area contributed by atoms with E-state index < -0.39 is 11.2 Å². The maximum atomic E-state index is 11.5. The molecule has 1 N–H and O–H groups in total. The standard InChI is InChI=1S/C10H9N3O2/c1-13-10(15)11-9(14)8(12-13)7-5-3-2-4-6-7/h2-6H,1H3,(H,11,14,15). The van der Waals surface area contributed by atoms with Gasteiger partial charge in [-0.2, -0.15) is 5.10 Å². The third-order valence-electron chi connectivity index (χ3n) is 2.03. The lowest BCUT2D eigenvalue weighted by molar-refractivity contribution is 0.671. The number of aromatic amines is 1. The first-order valence-electron chi connectivity index (χ1n) is 4.41. The summed E-state index contributed by atoms with van der Waals surface area (Å²) in [5.41, 5.74) is -0.0453. The predicted octanol–water partition coefficient (Wildman–Crippen LogP) is 0.136. The van der Waals surface area contributed by atoms with Gasteiger partial charge in [-0.1, -0.05) is 30.3 Å². The van der Waals surface area contributed by atoms with E-state index in [0.29, 0.717) is 5.56 Å². The molecule has 0 amide bonds. The number of aryl methyl sites for hydroxylation is 1. The van der Waals surface area contributed by atoms with Crippen molar-refractivity contribution in [2.45, 2.75) is 0 Å². The summed E-state index contributed by atoms with van der Waals surface area (Å²) in [6.07, 6.45) is 0. The van der Waals surface area contributed by atoms with Crippen LogP contribution in [0.4, 0.5) is 0 Å². The second-order valence-electron chi connectivity index (χ2n) is 3.10. The molecular formula is C10H9N3O2. The van der Waals surface area contributed by atoms with Crippen molar-refractivity contribution >= 4 is 0 Å². The Morgan fingerprint density at radius 1 is 1.20 bits per heavy atom. The quantitative estimate of drug-likeness (QED) is 0.716. The molecule has 0 radical (unpaired) electrons. The fourth-order valence-corrected chi connectivity index (χ4v) is 1.26. The molecule has 0 saturated heterocycles. The molecule has 1 aromatic heterocycles. The predicted molar refractivity (Wildman–Crippen MR) is 55.5 cm³/mol. The van der Waals surface area contributed by atoms with Crippen molar-refractivity contribution in [2.24, 2.45) is 7.05 Å². The van der Waals surface area contributed by atoms with E-state index in [2.05, 4.69) is 10.1 Å². The monoisotopic (exact) mass is 203 g/mol.